The Hall–Kier alpha value is -1.39. The molecule has 96 valence electrons. The predicted molar refractivity (Wildman–Crippen MR) is 85.8 cm³/mol. The molecule has 2 aromatic carbocycles. The molecule has 3 aromatic rings. The summed E-state index contributed by atoms with van der Waals surface area (Å²) in [5, 5.41) is 4.36. The van der Waals surface area contributed by atoms with Gasteiger partial charge in [0.05, 0.1) is 10.2 Å². The first-order chi connectivity index (χ1) is 9.22. The average Bonchev–Trinajstić information content (AvgIpc) is 2.79. The molecule has 0 saturated heterocycles. The van der Waals surface area contributed by atoms with E-state index >= 15 is 0 Å². The lowest BCUT2D eigenvalue weighted by Crippen LogP contribution is -1.99. The number of hydrogen-bond donors (Lipinski definition) is 1. The summed E-state index contributed by atoms with van der Waals surface area (Å²) in [6, 6.07) is 14.6. The molecule has 1 N–H and O–H groups in total. The van der Waals surface area contributed by atoms with Crippen molar-refractivity contribution in [1.29, 1.82) is 0 Å². The summed E-state index contributed by atoms with van der Waals surface area (Å²) in [6.07, 6.45) is 0. The number of nitrogens with one attached hydrogen (secondary N) is 1. The molecule has 0 radical (unpaired) electrons. The Morgan fingerprint density at radius 3 is 2.89 bits per heavy atom. The third-order valence-corrected chi connectivity index (χ3v) is 4.68. The number of aromatic nitrogens is 1. The van der Waals surface area contributed by atoms with Gasteiger partial charge in [0, 0.05) is 11.0 Å². The van der Waals surface area contributed by atoms with Crippen LogP contribution in [0.3, 0.4) is 0 Å². The van der Waals surface area contributed by atoms with Crippen molar-refractivity contribution in [1.82, 2.24) is 4.98 Å². The van der Waals surface area contributed by atoms with Crippen molar-refractivity contribution in [2.45, 2.75) is 13.5 Å². The van der Waals surface area contributed by atoms with Gasteiger partial charge in [0.15, 0.2) is 5.13 Å². The van der Waals surface area contributed by atoms with E-state index in [9.17, 15) is 0 Å². The summed E-state index contributed by atoms with van der Waals surface area (Å²) < 4.78 is 2.36. The van der Waals surface area contributed by atoms with Crippen LogP contribution in [0.25, 0.3) is 10.2 Å². The molecule has 1 heterocycles. The van der Waals surface area contributed by atoms with Gasteiger partial charge in [-0.05, 0) is 36.2 Å². The fraction of sp³-hybridized carbons (Fsp3) is 0.133. The molecular formula is C15H13BrN2S. The van der Waals surface area contributed by atoms with Crippen LogP contribution in [0.4, 0.5) is 5.13 Å². The maximum atomic E-state index is 4.59. The lowest BCUT2D eigenvalue weighted by molar-refractivity contribution is 1.13. The van der Waals surface area contributed by atoms with Gasteiger partial charge >= 0.3 is 0 Å². The number of fused-ring (bicyclic) bond motifs is 1. The zero-order valence-corrected chi connectivity index (χ0v) is 12.9. The van der Waals surface area contributed by atoms with Crippen molar-refractivity contribution < 1.29 is 0 Å². The Balaban J connectivity index is 1.80. The molecule has 0 amide bonds. The number of anilines is 1. The first-order valence-electron chi connectivity index (χ1n) is 6.07. The predicted octanol–water partition coefficient (Wildman–Crippen LogP) is 4.98. The summed E-state index contributed by atoms with van der Waals surface area (Å²) in [7, 11) is 0. The van der Waals surface area contributed by atoms with Gasteiger partial charge in [-0.15, -0.1) is 0 Å². The summed E-state index contributed by atoms with van der Waals surface area (Å²) >= 11 is 5.26. The minimum Gasteiger partial charge on any atom is -0.357 e. The molecule has 0 aliphatic heterocycles. The third kappa shape index (κ3) is 2.80. The van der Waals surface area contributed by atoms with E-state index in [1.54, 1.807) is 11.3 Å². The molecule has 0 saturated carbocycles. The molecule has 0 unspecified atom stereocenters. The van der Waals surface area contributed by atoms with Gasteiger partial charge in [0.2, 0.25) is 0 Å². The van der Waals surface area contributed by atoms with Crippen LogP contribution >= 0.6 is 27.3 Å². The number of thiazole rings is 1. The molecule has 4 heteroatoms. The molecule has 19 heavy (non-hydrogen) atoms. The van der Waals surface area contributed by atoms with Crippen molar-refractivity contribution in [2.24, 2.45) is 0 Å². The molecule has 3 rings (SSSR count). The first kappa shape index (κ1) is 12.6. The zero-order chi connectivity index (χ0) is 13.2. The van der Waals surface area contributed by atoms with Gasteiger partial charge in [-0.1, -0.05) is 51.5 Å². The van der Waals surface area contributed by atoms with E-state index in [-0.39, 0.29) is 0 Å². The Kier molecular flexibility index (Phi) is 3.53. The molecule has 2 nitrogen and oxygen atoms in total. The van der Waals surface area contributed by atoms with Crippen molar-refractivity contribution in [3.63, 3.8) is 0 Å². The zero-order valence-electron chi connectivity index (χ0n) is 10.5. The molecule has 0 aliphatic rings. The number of halogens is 1. The largest absolute Gasteiger partial charge is 0.357 e. The quantitative estimate of drug-likeness (QED) is 0.731. The third-order valence-electron chi connectivity index (χ3n) is 2.93. The lowest BCUT2D eigenvalue weighted by Gasteiger charge is -2.04. The molecule has 0 fully saturated rings. The number of benzene rings is 2. The summed E-state index contributed by atoms with van der Waals surface area (Å²) in [6.45, 7) is 2.88. The molecule has 1 aromatic heterocycles. The van der Waals surface area contributed by atoms with E-state index in [1.807, 2.05) is 12.1 Å². The summed E-state index contributed by atoms with van der Waals surface area (Å²) in [4.78, 5) is 4.59. The van der Waals surface area contributed by atoms with Crippen LogP contribution in [0.1, 0.15) is 11.1 Å². The Bertz CT molecular complexity index is 721. The monoisotopic (exact) mass is 332 g/mol. The van der Waals surface area contributed by atoms with Gasteiger partial charge in [0.1, 0.15) is 0 Å². The van der Waals surface area contributed by atoms with E-state index in [0.717, 1.165) is 21.7 Å². The summed E-state index contributed by atoms with van der Waals surface area (Å²) in [5.41, 5.74) is 3.57. The minimum atomic E-state index is 0.778. The number of aryl methyl sites for hydroxylation is 1. The number of nitrogens with zero attached hydrogens (tertiary/aromatic N) is 1. The Morgan fingerprint density at radius 2 is 2.05 bits per heavy atom. The minimum absolute atomic E-state index is 0.778. The fourth-order valence-electron chi connectivity index (χ4n) is 1.92. The highest BCUT2D eigenvalue weighted by molar-refractivity contribution is 9.10. The Labute approximate surface area is 124 Å². The molecule has 0 spiro atoms. The first-order valence-corrected chi connectivity index (χ1v) is 7.68. The standard InChI is InChI=1S/C15H13BrN2S/c1-10-6-7-13-14(8-10)19-15(18-13)17-9-11-4-2-3-5-12(11)16/h2-8H,9H2,1H3,(H,17,18). The molecular weight excluding hydrogens is 320 g/mol. The fourth-order valence-corrected chi connectivity index (χ4v) is 3.30. The van der Waals surface area contributed by atoms with E-state index < -0.39 is 0 Å². The van der Waals surface area contributed by atoms with E-state index in [0.29, 0.717) is 0 Å². The molecule has 0 bridgehead atoms. The highest BCUT2D eigenvalue weighted by Gasteiger charge is 2.04. The second kappa shape index (κ2) is 5.31. The van der Waals surface area contributed by atoms with Crippen LogP contribution in [0.15, 0.2) is 46.9 Å². The SMILES string of the molecule is Cc1ccc2nc(NCc3ccccc3Br)sc2c1. The van der Waals surface area contributed by atoms with Crippen LogP contribution in [0.5, 0.6) is 0 Å². The van der Waals surface area contributed by atoms with E-state index in [1.165, 1.54) is 15.8 Å². The van der Waals surface area contributed by atoms with E-state index in [2.05, 4.69) is 63.5 Å². The van der Waals surface area contributed by atoms with E-state index in [4.69, 9.17) is 0 Å². The second-order valence-corrected chi connectivity index (χ2v) is 6.32. The summed E-state index contributed by atoms with van der Waals surface area (Å²) in [5.74, 6) is 0. The highest BCUT2D eigenvalue weighted by Crippen LogP contribution is 2.27. The maximum absolute atomic E-state index is 4.59. The van der Waals surface area contributed by atoms with Gasteiger partial charge in [0.25, 0.3) is 0 Å². The van der Waals surface area contributed by atoms with Crippen molar-refractivity contribution in [3.8, 4) is 0 Å². The Morgan fingerprint density at radius 1 is 1.21 bits per heavy atom. The van der Waals surface area contributed by atoms with Gasteiger partial charge < -0.3 is 5.32 Å². The van der Waals surface area contributed by atoms with Crippen molar-refractivity contribution in [3.05, 3.63) is 58.1 Å². The van der Waals surface area contributed by atoms with Crippen LogP contribution in [-0.2, 0) is 6.54 Å². The van der Waals surface area contributed by atoms with Crippen LogP contribution in [0.2, 0.25) is 0 Å². The number of rotatable bonds is 3. The lowest BCUT2D eigenvalue weighted by atomic mass is 10.2. The topological polar surface area (TPSA) is 24.9 Å². The maximum Gasteiger partial charge on any atom is 0.184 e. The van der Waals surface area contributed by atoms with Crippen LogP contribution in [-0.4, -0.2) is 4.98 Å². The van der Waals surface area contributed by atoms with Crippen LogP contribution < -0.4 is 5.32 Å². The second-order valence-electron chi connectivity index (χ2n) is 4.44. The normalized spacial score (nSPS) is 10.8. The molecule has 0 aliphatic carbocycles. The van der Waals surface area contributed by atoms with Gasteiger partial charge in [-0.25, -0.2) is 4.98 Å². The number of hydrogen-bond acceptors (Lipinski definition) is 3. The molecule has 0 atom stereocenters. The highest BCUT2D eigenvalue weighted by atomic mass is 79.9. The van der Waals surface area contributed by atoms with Gasteiger partial charge in [-0.3, -0.25) is 0 Å². The average molecular weight is 333 g/mol. The smallest absolute Gasteiger partial charge is 0.184 e. The van der Waals surface area contributed by atoms with Crippen LogP contribution in [0, 0.1) is 6.92 Å². The van der Waals surface area contributed by atoms with Crippen molar-refractivity contribution in [2.75, 3.05) is 5.32 Å². The van der Waals surface area contributed by atoms with Crippen molar-refractivity contribution >= 4 is 42.6 Å². The van der Waals surface area contributed by atoms with Gasteiger partial charge in [-0.2, -0.15) is 0 Å².